The van der Waals surface area contributed by atoms with Gasteiger partial charge in [0.15, 0.2) is 0 Å². The number of hydrogen-bond acceptors (Lipinski definition) is 4. The lowest BCUT2D eigenvalue weighted by Crippen LogP contribution is -2.32. The molecule has 1 aromatic carbocycles. The maximum Gasteiger partial charge on any atom is 0.139 e. The fourth-order valence-corrected chi connectivity index (χ4v) is 1.76. The summed E-state index contributed by atoms with van der Waals surface area (Å²) in [5.74, 6) is -0.0836. The molecule has 0 spiro atoms. The zero-order valence-corrected chi connectivity index (χ0v) is 11.4. The van der Waals surface area contributed by atoms with Gasteiger partial charge in [0.05, 0.1) is 30.9 Å². The van der Waals surface area contributed by atoms with Crippen LogP contribution in [0.1, 0.15) is 0 Å². The molecule has 0 saturated carbocycles. The van der Waals surface area contributed by atoms with Crippen molar-refractivity contribution in [1.82, 2.24) is 0 Å². The minimum atomic E-state index is -1.01. The second kappa shape index (κ2) is 7.18. The maximum atomic E-state index is 9.39. The first kappa shape index (κ1) is 14.7. The van der Waals surface area contributed by atoms with Gasteiger partial charge in [-0.2, -0.15) is 0 Å². The van der Waals surface area contributed by atoms with Crippen molar-refractivity contribution < 1.29 is 20.1 Å². The van der Waals surface area contributed by atoms with Crippen LogP contribution in [0.4, 0.5) is 0 Å². The molecule has 0 aliphatic rings. The lowest BCUT2D eigenvalue weighted by Gasteiger charge is -2.19. The topological polar surface area (TPSA) is 69.9 Å². The minimum absolute atomic E-state index is 0.0778. The summed E-state index contributed by atoms with van der Waals surface area (Å²) in [6, 6.07) is 5.23. The van der Waals surface area contributed by atoms with Crippen molar-refractivity contribution in [1.29, 1.82) is 0 Å². The van der Waals surface area contributed by atoms with E-state index >= 15 is 0 Å². The lowest BCUT2D eigenvalue weighted by molar-refractivity contribution is 0.00311. The summed E-state index contributed by atoms with van der Waals surface area (Å²) in [4.78, 5) is 0. The summed E-state index contributed by atoms with van der Waals surface area (Å²) in [5.41, 5.74) is 0. The molecule has 6 heteroatoms. The number of halogens is 2. The van der Waals surface area contributed by atoms with Crippen LogP contribution in [0.3, 0.4) is 0 Å². The van der Waals surface area contributed by atoms with Gasteiger partial charge >= 0.3 is 0 Å². The highest BCUT2D eigenvalue weighted by atomic mass is 79.9. The molecule has 1 rings (SSSR count). The molecule has 4 nitrogen and oxygen atoms in total. The molecule has 0 saturated heterocycles. The van der Waals surface area contributed by atoms with Gasteiger partial charge in [-0.15, -0.1) is 0 Å². The zero-order chi connectivity index (χ0) is 12.8. The van der Waals surface area contributed by atoms with E-state index in [4.69, 9.17) is 26.6 Å². The number of rotatable bonds is 6. The molecule has 0 aliphatic carbocycles. The standard InChI is InChI=1S/C11H14BrClO4/c12-8-2-1-3-10(11(8)13)17-6-7(4-14)9(16)5-15/h1-3,7,9,14-16H,4-6H2. The van der Waals surface area contributed by atoms with E-state index in [1.807, 2.05) is 0 Å². The number of benzene rings is 1. The van der Waals surface area contributed by atoms with Gasteiger partial charge in [-0.05, 0) is 28.1 Å². The Hall–Kier alpha value is -0.330. The molecular weight excluding hydrogens is 311 g/mol. The van der Waals surface area contributed by atoms with E-state index < -0.39 is 18.6 Å². The van der Waals surface area contributed by atoms with Crippen LogP contribution in [-0.4, -0.2) is 41.2 Å². The SMILES string of the molecule is OCC(O)C(CO)COc1cccc(Br)c1Cl. The molecular formula is C11H14BrClO4. The Morgan fingerprint density at radius 3 is 2.59 bits per heavy atom. The molecule has 0 radical (unpaired) electrons. The Bertz CT molecular complexity index is 361. The van der Waals surface area contributed by atoms with Crippen molar-refractivity contribution >= 4 is 27.5 Å². The fourth-order valence-electron chi connectivity index (χ4n) is 1.23. The summed E-state index contributed by atoms with van der Waals surface area (Å²) >= 11 is 9.25. The van der Waals surface area contributed by atoms with Crippen molar-refractivity contribution in [2.75, 3.05) is 19.8 Å². The Balaban J connectivity index is 2.63. The summed E-state index contributed by atoms with van der Waals surface area (Å²) < 4.78 is 6.11. The van der Waals surface area contributed by atoms with Crippen LogP contribution < -0.4 is 4.74 Å². The van der Waals surface area contributed by atoms with Crippen molar-refractivity contribution in [3.05, 3.63) is 27.7 Å². The van der Waals surface area contributed by atoms with Gasteiger partial charge in [0.25, 0.3) is 0 Å². The molecule has 0 amide bonds. The Morgan fingerprint density at radius 2 is 2.00 bits per heavy atom. The second-order valence-corrected chi connectivity index (χ2v) is 4.79. The second-order valence-electron chi connectivity index (χ2n) is 3.56. The normalized spacial score (nSPS) is 14.4. The van der Waals surface area contributed by atoms with Gasteiger partial charge in [-0.25, -0.2) is 0 Å². The molecule has 0 bridgehead atoms. The third kappa shape index (κ3) is 4.12. The lowest BCUT2D eigenvalue weighted by atomic mass is 10.1. The van der Waals surface area contributed by atoms with E-state index in [-0.39, 0.29) is 13.2 Å². The average molecular weight is 326 g/mol. The summed E-state index contributed by atoms with van der Waals surface area (Å²) in [7, 11) is 0. The third-order valence-electron chi connectivity index (χ3n) is 2.33. The first-order chi connectivity index (χ1) is 8.10. The largest absolute Gasteiger partial charge is 0.492 e. The van der Waals surface area contributed by atoms with Crippen LogP contribution in [0.2, 0.25) is 5.02 Å². The molecule has 0 aliphatic heterocycles. The van der Waals surface area contributed by atoms with Crippen molar-refractivity contribution in [3.63, 3.8) is 0 Å². The smallest absolute Gasteiger partial charge is 0.139 e. The molecule has 1 aromatic rings. The molecule has 2 unspecified atom stereocenters. The van der Waals surface area contributed by atoms with Crippen molar-refractivity contribution in [3.8, 4) is 5.75 Å². The van der Waals surface area contributed by atoms with Gasteiger partial charge in [0, 0.05) is 10.4 Å². The quantitative estimate of drug-likeness (QED) is 0.740. The van der Waals surface area contributed by atoms with Crippen LogP contribution in [0.15, 0.2) is 22.7 Å². The zero-order valence-electron chi connectivity index (χ0n) is 9.01. The Kier molecular flexibility index (Phi) is 6.22. The van der Waals surface area contributed by atoms with Crippen LogP contribution in [0.5, 0.6) is 5.75 Å². The Labute approximate surface area is 113 Å². The molecule has 0 heterocycles. The van der Waals surface area contributed by atoms with Crippen molar-refractivity contribution in [2.45, 2.75) is 6.10 Å². The van der Waals surface area contributed by atoms with E-state index in [1.165, 1.54) is 0 Å². The first-order valence-electron chi connectivity index (χ1n) is 5.06. The van der Waals surface area contributed by atoms with Gasteiger partial charge in [-0.3, -0.25) is 0 Å². The molecule has 2 atom stereocenters. The predicted molar refractivity (Wildman–Crippen MR) is 68.3 cm³/mol. The summed E-state index contributed by atoms with van der Waals surface area (Å²) in [6.07, 6.45) is -1.01. The molecule has 0 fully saturated rings. The van der Waals surface area contributed by atoms with E-state index in [2.05, 4.69) is 15.9 Å². The average Bonchev–Trinajstić information content (AvgIpc) is 2.34. The van der Waals surface area contributed by atoms with Gasteiger partial charge in [-0.1, -0.05) is 17.7 Å². The van der Waals surface area contributed by atoms with E-state index in [0.29, 0.717) is 15.2 Å². The van der Waals surface area contributed by atoms with Gasteiger partial charge in [0.1, 0.15) is 5.75 Å². The van der Waals surface area contributed by atoms with E-state index in [0.717, 1.165) is 0 Å². The third-order valence-corrected chi connectivity index (χ3v) is 3.61. The van der Waals surface area contributed by atoms with Crippen LogP contribution in [0, 0.1) is 5.92 Å². The molecule has 17 heavy (non-hydrogen) atoms. The highest BCUT2D eigenvalue weighted by Crippen LogP contribution is 2.32. The predicted octanol–water partition coefficient (Wildman–Crippen LogP) is 1.44. The van der Waals surface area contributed by atoms with Gasteiger partial charge < -0.3 is 20.1 Å². The molecule has 3 N–H and O–H groups in total. The van der Waals surface area contributed by atoms with Crippen LogP contribution in [-0.2, 0) is 0 Å². The maximum absolute atomic E-state index is 9.39. The number of aliphatic hydroxyl groups excluding tert-OH is 3. The monoisotopic (exact) mass is 324 g/mol. The van der Waals surface area contributed by atoms with Crippen LogP contribution in [0.25, 0.3) is 0 Å². The van der Waals surface area contributed by atoms with E-state index in [9.17, 15) is 5.11 Å². The van der Waals surface area contributed by atoms with E-state index in [1.54, 1.807) is 18.2 Å². The first-order valence-corrected chi connectivity index (χ1v) is 6.23. The summed E-state index contributed by atoms with van der Waals surface area (Å²) in [6.45, 7) is -0.609. The minimum Gasteiger partial charge on any atom is -0.492 e. The number of ether oxygens (including phenoxy) is 1. The Morgan fingerprint density at radius 1 is 1.29 bits per heavy atom. The highest BCUT2D eigenvalue weighted by Gasteiger charge is 2.19. The van der Waals surface area contributed by atoms with Crippen molar-refractivity contribution in [2.24, 2.45) is 5.92 Å². The van der Waals surface area contributed by atoms with Crippen LogP contribution >= 0.6 is 27.5 Å². The fraction of sp³-hybridized carbons (Fsp3) is 0.455. The summed E-state index contributed by atoms with van der Waals surface area (Å²) in [5, 5.41) is 27.6. The van der Waals surface area contributed by atoms with Gasteiger partial charge in [0.2, 0.25) is 0 Å². The number of hydrogen-bond donors (Lipinski definition) is 3. The highest BCUT2D eigenvalue weighted by molar-refractivity contribution is 9.10. The number of aliphatic hydroxyl groups is 3. The molecule has 96 valence electrons. The molecule has 0 aromatic heterocycles.